The van der Waals surface area contributed by atoms with E-state index in [0.717, 1.165) is 18.7 Å². The molecule has 0 radical (unpaired) electrons. The number of carbonyl (C=O) groups excluding carboxylic acids is 1. The third kappa shape index (κ3) is 4.34. The van der Waals surface area contributed by atoms with E-state index in [4.69, 9.17) is 25.8 Å². The van der Waals surface area contributed by atoms with Crippen molar-refractivity contribution in [1.29, 1.82) is 0 Å². The lowest BCUT2D eigenvalue weighted by Gasteiger charge is -2.35. The monoisotopic (exact) mass is 404 g/mol. The van der Waals surface area contributed by atoms with Crippen molar-refractivity contribution >= 4 is 17.5 Å². The van der Waals surface area contributed by atoms with Crippen LogP contribution in [0.1, 0.15) is 15.9 Å². The van der Waals surface area contributed by atoms with Gasteiger partial charge in [0.05, 0.1) is 21.3 Å². The molecule has 28 heavy (non-hydrogen) atoms. The Morgan fingerprint density at radius 1 is 0.893 bits per heavy atom. The summed E-state index contributed by atoms with van der Waals surface area (Å²) in [4.78, 5) is 16.8. The molecule has 1 fully saturated rings. The topological polar surface area (TPSA) is 51.2 Å². The second kappa shape index (κ2) is 9.17. The number of hydrogen-bond donors (Lipinski definition) is 0. The van der Waals surface area contributed by atoms with Gasteiger partial charge in [0, 0.05) is 48.9 Å². The zero-order chi connectivity index (χ0) is 20.1. The minimum absolute atomic E-state index is 0.0417. The number of nitrogens with zero attached hydrogens (tertiary/aromatic N) is 2. The second-order valence-electron chi connectivity index (χ2n) is 6.57. The predicted octanol–water partition coefficient (Wildman–Crippen LogP) is 3.32. The predicted molar refractivity (Wildman–Crippen MR) is 109 cm³/mol. The fourth-order valence-electron chi connectivity index (χ4n) is 3.41. The molecule has 0 aromatic heterocycles. The molecule has 0 unspecified atom stereocenters. The summed E-state index contributed by atoms with van der Waals surface area (Å²) in [5.41, 5.74) is 1.69. The first-order valence-electron chi connectivity index (χ1n) is 9.12. The summed E-state index contributed by atoms with van der Waals surface area (Å²) < 4.78 is 16.4. The maximum absolute atomic E-state index is 12.6. The highest BCUT2D eigenvalue weighted by molar-refractivity contribution is 6.30. The Kier molecular flexibility index (Phi) is 6.65. The first-order valence-corrected chi connectivity index (χ1v) is 9.50. The van der Waals surface area contributed by atoms with E-state index in [9.17, 15) is 4.79 Å². The second-order valence-corrected chi connectivity index (χ2v) is 7.01. The quantitative estimate of drug-likeness (QED) is 0.739. The summed E-state index contributed by atoms with van der Waals surface area (Å²) >= 11 is 5.91. The zero-order valence-electron chi connectivity index (χ0n) is 16.4. The first-order chi connectivity index (χ1) is 13.6. The third-order valence-electron chi connectivity index (χ3n) is 4.93. The van der Waals surface area contributed by atoms with Gasteiger partial charge in [-0.15, -0.1) is 0 Å². The van der Waals surface area contributed by atoms with Gasteiger partial charge in [-0.1, -0.05) is 17.7 Å². The molecule has 3 rings (SSSR count). The van der Waals surface area contributed by atoms with Crippen LogP contribution in [0.15, 0.2) is 36.4 Å². The van der Waals surface area contributed by atoms with Gasteiger partial charge in [0.1, 0.15) is 0 Å². The van der Waals surface area contributed by atoms with Gasteiger partial charge in [-0.05, 0) is 30.3 Å². The Hall–Kier alpha value is -2.44. The number of carbonyl (C=O) groups is 1. The van der Waals surface area contributed by atoms with Crippen LogP contribution in [0.4, 0.5) is 0 Å². The molecular weight excluding hydrogens is 380 g/mol. The summed E-state index contributed by atoms with van der Waals surface area (Å²) in [6.07, 6.45) is 0. The summed E-state index contributed by atoms with van der Waals surface area (Å²) in [6, 6.07) is 10.9. The minimum Gasteiger partial charge on any atom is -0.493 e. The molecule has 150 valence electrons. The summed E-state index contributed by atoms with van der Waals surface area (Å²) in [5.74, 6) is 1.96. The molecule has 0 N–H and O–H groups in total. The van der Waals surface area contributed by atoms with Crippen LogP contribution in [0, 0.1) is 0 Å². The normalized spacial score (nSPS) is 14.6. The zero-order valence-corrected chi connectivity index (χ0v) is 17.2. The van der Waals surface area contributed by atoms with E-state index >= 15 is 0 Å². The summed E-state index contributed by atoms with van der Waals surface area (Å²) in [5, 5.41) is 0.630. The number of methoxy groups -OCH3 is 3. The lowest BCUT2D eigenvalue weighted by Crippen LogP contribution is -2.48. The Morgan fingerprint density at radius 3 is 2.11 bits per heavy atom. The van der Waals surface area contributed by atoms with Crippen LogP contribution >= 0.6 is 11.6 Å². The number of hydrogen-bond acceptors (Lipinski definition) is 5. The number of piperazine rings is 1. The fraction of sp³-hybridized carbons (Fsp3) is 0.381. The molecule has 1 heterocycles. The lowest BCUT2D eigenvalue weighted by atomic mass is 10.1. The van der Waals surface area contributed by atoms with E-state index < -0.39 is 0 Å². The number of halogens is 1. The van der Waals surface area contributed by atoms with Crippen molar-refractivity contribution in [3.05, 3.63) is 52.5 Å². The van der Waals surface area contributed by atoms with Crippen molar-refractivity contribution in [2.75, 3.05) is 47.5 Å². The van der Waals surface area contributed by atoms with Gasteiger partial charge in [0.25, 0.3) is 5.91 Å². The Balaban J connectivity index is 1.64. The van der Waals surface area contributed by atoms with Crippen molar-refractivity contribution in [1.82, 2.24) is 9.80 Å². The van der Waals surface area contributed by atoms with Gasteiger partial charge in [-0.25, -0.2) is 0 Å². The number of benzene rings is 2. The van der Waals surface area contributed by atoms with Gasteiger partial charge in [-0.3, -0.25) is 9.69 Å². The van der Waals surface area contributed by atoms with Crippen LogP contribution in [0.25, 0.3) is 0 Å². The van der Waals surface area contributed by atoms with E-state index in [0.29, 0.717) is 47.5 Å². The lowest BCUT2D eigenvalue weighted by molar-refractivity contribution is 0.0627. The standard InChI is InChI=1S/C21H25ClN2O4/c1-26-18-9-6-16(19(27-2)20(18)28-3)14-23-10-12-24(13-11-23)21(25)15-4-7-17(22)8-5-15/h4-9H,10-14H2,1-3H3. The average molecular weight is 405 g/mol. The molecule has 0 spiro atoms. The molecule has 0 aliphatic carbocycles. The molecule has 1 aliphatic heterocycles. The largest absolute Gasteiger partial charge is 0.493 e. The van der Waals surface area contributed by atoms with Crippen molar-refractivity contribution in [2.24, 2.45) is 0 Å². The van der Waals surface area contributed by atoms with Gasteiger partial charge < -0.3 is 19.1 Å². The molecule has 6 nitrogen and oxygen atoms in total. The number of ether oxygens (including phenoxy) is 3. The van der Waals surface area contributed by atoms with Gasteiger partial charge in [0.15, 0.2) is 11.5 Å². The maximum atomic E-state index is 12.6. The van der Waals surface area contributed by atoms with E-state index in [1.165, 1.54) is 0 Å². The Bertz CT molecular complexity index is 818. The van der Waals surface area contributed by atoms with Crippen LogP contribution in [0.2, 0.25) is 5.02 Å². The summed E-state index contributed by atoms with van der Waals surface area (Å²) in [7, 11) is 4.84. The van der Waals surface area contributed by atoms with Crippen LogP contribution < -0.4 is 14.2 Å². The highest BCUT2D eigenvalue weighted by atomic mass is 35.5. The molecule has 0 atom stereocenters. The smallest absolute Gasteiger partial charge is 0.253 e. The molecule has 1 saturated heterocycles. The minimum atomic E-state index is 0.0417. The SMILES string of the molecule is COc1ccc(CN2CCN(C(=O)c3ccc(Cl)cc3)CC2)c(OC)c1OC. The molecule has 0 bridgehead atoms. The number of rotatable bonds is 6. The van der Waals surface area contributed by atoms with E-state index in [1.54, 1.807) is 45.6 Å². The van der Waals surface area contributed by atoms with E-state index in [-0.39, 0.29) is 5.91 Å². The van der Waals surface area contributed by atoms with Gasteiger partial charge >= 0.3 is 0 Å². The van der Waals surface area contributed by atoms with Crippen molar-refractivity contribution in [2.45, 2.75) is 6.54 Å². The summed E-state index contributed by atoms with van der Waals surface area (Å²) in [6.45, 7) is 3.65. The van der Waals surface area contributed by atoms with Gasteiger partial charge in [-0.2, -0.15) is 0 Å². The van der Waals surface area contributed by atoms with Crippen molar-refractivity contribution < 1.29 is 19.0 Å². The average Bonchev–Trinajstić information content (AvgIpc) is 2.73. The van der Waals surface area contributed by atoms with Gasteiger partial charge in [0.2, 0.25) is 5.75 Å². The Morgan fingerprint density at radius 2 is 1.54 bits per heavy atom. The maximum Gasteiger partial charge on any atom is 0.253 e. The highest BCUT2D eigenvalue weighted by Gasteiger charge is 2.24. The molecule has 2 aromatic rings. The fourth-order valence-corrected chi connectivity index (χ4v) is 3.54. The third-order valence-corrected chi connectivity index (χ3v) is 5.18. The van der Waals surface area contributed by atoms with E-state index in [1.807, 2.05) is 17.0 Å². The van der Waals surface area contributed by atoms with Crippen LogP contribution in [-0.2, 0) is 6.54 Å². The van der Waals surface area contributed by atoms with E-state index in [2.05, 4.69) is 4.90 Å². The molecule has 1 aliphatic rings. The number of amides is 1. The first kappa shape index (κ1) is 20.3. The van der Waals surface area contributed by atoms with Crippen LogP contribution in [-0.4, -0.2) is 63.2 Å². The Labute approximate surface area is 170 Å². The highest BCUT2D eigenvalue weighted by Crippen LogP contribution is 2.40. The molecule has 2 aromatic carbocycles. The van der Waals surface area contributed by atoms with Crippen LogP contribution in [0.5, 0.6) is 17.2 Å². The molecule has 0 saturated carbocycles. The molecular formula is C21H25ClN2O4. The van der Waals surface area contributed by atoms with Crippen molar-refractivity contribution in [3.63, 3.8) is 0 Å². The van der Waals surface area contributed by atoms with Crippen molar-refractivity contribution in [3.8, 4) is 17.2 Å². The molecule has 1 amide bonds. The van der Waals surface area contributed by atoms with Crippen LogP contribution in [0.3, 0.4) is 0 Å². The molecule has 7 heteroatoms.